The number of fused-ring (bicyclic) bond motifs is 1. The Morgan fingerprint density at radius 1 is 1.33 bits per heavy atom. The summed E-state index contributed by atoms with van der Waals surface area (Å²) in [7, 11) is 0. The van der Waals surface area contributed by atoms with Crippen molar-refractivity contribution in [1.29, 1.82) is 0 Å². The zero-order valence-electron chi connectivity index (χ0n) is 12.8. The maximum absolute atomic E-state index is 4.50. The lowest BCUT2D eigenvalue weighted by Gasteiger charge is -2.10. The highest BCUT2D eigenvalue weighted by Crippen LogP contribution is 2.36. The lowest BCUT2D eigenvalue weighted by Crippen LogP contribution is -2.26. The SMILES string of the molecule is Cc1cc(C)n(CCCNCC2Cc3ccccc3S2)n1. The molecule has 1 atom stereocenters. The van der Waals surface area contributed by atoms with Crippen molar-refractivity contribution in [3.05, 3.63) is 47.3 Å². The molecule has 112 valence electrons. The molecule has 0 saturated carbocycles. The summed E-state index contributed by atoms with van der Waals surface area (Å²) in [4.78, 5) is 1.46. The summed E-state index contributed by atoms with van der Waals surface area (Å²) >= 11 is 2.02. The molecule has 0 radical (unpaired) electrons. The first-order valence-electron chi connectivity index (χ1n) is 7.69. The molecule has 1 aromatic heterocycles. The first kappa shape index (κ1) is 14.7. The molecule has 1 aliphatic heterocycles. The average molecular weight is 301 g/mol. The number of thioether (sulfide) groups is 1. The smallest absolute Gasteiger partial charge is 0.0596 e. The van der Waals surface area contributed by atoms with E-state index in [1.54, 1.807) is 0 Å². The van der Waals surface area contributed by atoms with E-state index in [4.69, 9.17) is 0 Å². The standard InChI is InChI=1S/C17H23N3S/c1-13-10-14(2)20(19-13)9-5-8-18-12-16-11-15-6-3-4-7-17(15)21-16/h3-4,6-7,10,16,18H,5,8-9,11-12H2,1-2H3. The molecule has 3 nitrogen and oxygen atoms in total. The molecule has 1 N–H and O–H groups in total. The number of hydrogen-bond acceptors (Lipinski definition) is 3. The van der Waals surface area contributed by atoms with Gasteiger partial charge in [-0.25, -0.2) is 0 Å². The summed E-state index contributed by atoms with van der Waals surface area (Å²) in [6, 6.07) is 10.9. The minimum absolute atomic E-state index is 0.691. The monoisotopic (exact) mass is 301 g/mol. The van der Waals surface area contributed by atoms with Crippen LogP contribution in [-0.4, -0.2) is 28.1 Å². The van der Waals surface area contributed by atoms with E-state index in [9.17, 15) is 0 Å². The van der Waals surface area contributed by atoms with Gasteiger partial charge in [0.1, 0.15) is 0 Å². The van der Waals surface area contributed by atoms with E-state index < -0.39 is 0 Å². The quantitative estimate of drug-likeness (QED) is 0.831. The predicted octanol–water partition coefficient (Wildman–Crippen LogP) is 3.20. The Morgan fingerprint density at radius 2 is 2.19 bits per heavy atom. The minimum Gasteiger partial charge on any atom is -0.316 e. The number of hydrogen-bond donors (Lipinski definition) is 1. The van der Waals surface area contributed by atoms with Gasteiger partial charge in [0.05, 0.1) is 5.69 Å². The molecule has 0 spiro atoms. The normalized spacial score (nSPS) is 17.1. The van der Waals surface area contributed by atoms with Crippen LogP contribution in [0.2, 0.25) is 0 Å². The predicted molar refractivity (Wildman–Crippen MR) is 89.0 cm³/mol. The number of nitrogens with zero attached hydrogens (tertiary/aromatic N) is 2. The molecular weight excluding hydrogens is 278 g/mol. The third-order valence-corrected chi connectivity index (χ3v) is 5.23. The van der Waals surface area contributed by atoms with E-state index in [-0.39, 0.29) is 0 Å². The Labute approximate surface area is 131 Å². The fourth-order valence-corrected chi connectivity index (χ4v) is 4.17. The van der Waals surface area contributed by atoms with Crippen molar-refractivity contribution >= 4 is 11.8 Å². The second-order valence-corrected chi connectivity index (χ2v) is 7.10. The summed E-state index contributed by atoms with van der Waals surface area (Å²) in [6.07, 6.45) is 2.33. The summed E-state index contributed by atoms with van der Waals surface area (Å²) < 4.78 is 2.11. The molecule has 2 aromatic rings. The molecule has 0 saturated heterocycles. The second-order valence-electron chi connectivity index (χ2n) is 5.76. The van der Waals surface area contributed by atoms with E-state index in [2.05, 4.69) is 59.3 Å². The van der Waals surface area contributed by atoms with Gasteiger partial charge < -0.3 is 5.32 Å². The van der Waals surface area contributed by atoms with Crippen LogP contribution in [0.5, 0.6) is 0 Å². The fraction of sp³-hybridized carbons (Fsp3) is 0.471. The van der Waals surface area contributed by atoms with E-state index >= 15 is 0 Å². The van der Waals surface area contributed by atoms with Gasteiger partial charge in [0.15, 0.2) is 0 Å². The number of nitrogens with one attached hydrogen (secondary N) is 1. The Morgan fingerprint density at radius 3 is 2.95 bits per heavy atom. The molecule has 2 heterocycles. The lowest BCUT2D eigenvalue weighted by molar-refractivity contribution is 0.531. The molecule has 3 rings (SSSR count). The van der Waals surface area contributed by atoms with Crippen LogP contribution in [0.1, 0.15) is 23.4 Å². The Bertz CT molecular complexity index is 581. The van der Waals surface area contributed by atoms with Crippen molar-refractivity contribution in [3.63, 3.8) is 0 Å². The van der Waals surface area contributed by atoms with E-state index in [1.807, 2.05) is 11.8 Å². The van der Waals surface area contributed by atoms with Crippen LogP contribution in [0.15, 0.2) is 35.2 Å². The van der Waals surface area contributed by atoms with Gasteiger partial charge in [0.25, 0.3) is 0 Å². The summed E-state index contributed by atoms with van der Waals surface area (Å²) in [6.45, 7) is 7.34. The van der Waals surface area contributed by atoms with E-state index in [0.717, 1.165) is 31.7 Å². The van der Waals surface area contributed by atoms with Crippen LogP contribution in [0.25, 0.3) is 0 Å². The first-order valence-corrected chi connectivity index (χ1v) is 8.56. The zero-order chi connectivity index (χ0) is 14.7. The van der Waals surface area contributed by atoms with Gasteiger partial charge in [-0.05, 0) is 50.9 Å². The topological polar surface area (TPSA) is 29.9 Å². The molecule has 0 amide bonds. The summed E-state index contributed by atoms with van der Waals surface area (Å²) in [5.74, 6) is 0. The van der Waals surface area contributed by atoms with Crippen LogP contribution in [-0.2, 0) is 13.0 Å². The molecular formula is C17H23N3S. The van der Waals surface area contributed by atoms with Crippen LogP contribution in [0, 0.1) is 13.8 Å². The first-order chi connectivity index (χ1) is 10.2. The van der Waals surface area contributed by atoms with Crippen LogP contribution in [0.3, 0.4) is 0 Å². The summed E-state index contributed by atoms with van der Waals surface area (Å²) in [5, 5.41) is 8.78. The van der Waals surface area contributed by atoms with Crippen LogP contribution < -0.4 is 5.32 Å². The average Bonchev–Trinajstić information content (AvgIpc) is 3.01. The van der Waals surface area contributed by atoms with Gasteiger partial charge in [0.2, 0.25) is 0 Å². The van der Waals surface area contributed by atoms with Crippen molar-refractivity contribution in [2.24, 2.45) is 0 Å². The van der Waals surface area contributed by atoms with Gasteiger partial charge in [-0.3, -0.25) is 4.68 Å². The fourth-order valence-electron chi connectivity index (χ4n) is 2.89. The Balaban J connectivity index is 1.35. The molecule has 0 fully saturated rings. The van der Waals surface area contributed by atoms with E-state index in [0.29, 0.717) is 5.25 Å². The molecule has 0 bridgehead atoms. The number of rotatable bonds is 6. The van der Waals surface area contributed by atoms with Crippen LogP contribution in [0.4, 0.5) is 0 Å². The van der Waals surface area contributed by atoms with Gasteiger partial charge >= 0.3 is 0 Å². The van der Waals surface area contributed by atoms with Crippen molar-refractivity contribution < 1.29 is 0 Å². The van der Waals surface area contributed by atoms with Crippen LogP contribution >= 0.6 is 11.8 Å². The van der Waals surface area contributed by atoms with Crippen molar-refractivity contribution in [3.8, 4) is 0 Å². The van der Waals surface area contributed by atoms with Gasteiger partial charge in [0, 0.05) is 28.9 Å². The highest BCUT2D eigenvalue weighted by molar-refractivity contribution is 8.00. The highest BCUT2D eigenvalue weighted by Gasteiger charge is 2.20. The zero-order valence-corrected chi connectivity index (χ0v) is 13.6. The summed E-state index contributed by atoms with van der Waals surface area (Å²) in [5.41, 5.74) is 3.88. The van der Waals surface area contributed by atoms with Crippen molar-refractivity contribution in [1.82, 2.24) is 15.1 Å². The van der Waals surface area contributed by atoms with Crippen molar-refractivity contribution in [2.45, 2.75) is 43.4 Å². The molecule has 21 heavy (non-hydrogen) atoms. The second kappa shape index (κ2) is 6.67. The molecule has 4 heteroatoms. The van der Waals surface area contributed by atoms with Crippen molar-refractivity contribution in [2.75, 3.05) is 13.1 Å². The maximum atomic E-state index is 4.50. The molecule has 1 unspecified atom stereocenters. The molecule has 0 aliphatic carbocycles. The number of aromatic nitrogens is 2. The third kappa shape index (κ3) is 3.69. The Kier molecular flexibility index (Phi) is 4.66. The van der Waals surface area contributed by atoms with Gasteiger partial charge in [-0.2, -0.15) is 5.10 Å². The number of benzene rings is 1. The highest BCUT2D eigenvalue weighted by atomic mass is 32.2. The third-order valence-electron chi connectivity index (χ3n) is 3.91. The number of aryl methyl sites for hydroxylation is 3. The Hall–Kier alpha value is -1.26. The minimum atomic E-state index is 0.691. The maximum Gasteiger partial charge on any atom is 0.0596 e. The van der Waals surface area contributed by atoms with Gasteiger partial charge in [-0.15, -0.1) is 11.8 Å². The van der Waals surface area contributed by atoms with Gasteiger partial charge in [-0.1, -0.05) is 18.2 Å². The van der Waals surface area contributed by atoms with E-state index in [1.165, 1.54) is 22.6 Å². The molecule has 1 aliphatic rings. The largest absolute Gasteiger partial charge is 0.316 e. The lowest BCUT2D eigenvalue weighted by atomic mass is 10.1. The molecule has 1 aromatic carbocycles.